The number of alkyl halides is 3. The Labute approximate surface area is 110 Å². The molecule has 2 N–H and O–H groups in total. The van der Waals surface area contributed by atoms with Gasteiger partial charge in [0, 0.05) is 6.54 Å². The lowest BCUT2D eigenvalue weighted by Crippen LogP contribution is -2.11. The average Bonchev–Trinajstić information content (AvgIpc) is 2.41. The topological polar surface area (TPSA) is 43.8 Å². The molecule has 16 heavy (non-hydrogen) atoms. The van der Waals surface area contributed by atoms with Crippen molar-refractivity contribution in [3.8, 4) is 0 Å². The maximum Gasteiger partial charge on any atom is 0.436 e. The largest absolute Gasteiger partial charge is 0.436 e. The van der Waals surface area contributed by atoms with Gasteiger partial charge in [0.25, 0.3) is 0 Å². The Kier molecular flexibility index (Phi) is 5.99. The Hall–Kier alpha value is -0.0800. The number of aromatic nitrogens is 2. The molecule has 0 aliphatic rings. The van der Waals surface area contributed by atoms with E-state index < -0.39 is 11.9 Å². The summed E-state index contributed by atoms with van der Waals surface area (Å²) in [5.74, 6) is 0. The van der Waals surface area contributed by atoms with Gasteiger partial charge in [0.2, 0.25) is 0 Å². The summed E-state index contributed by atoms with van der Waals surface area (Å²) in [6, 6.07) is 0. The van der Waals surface area contributed by atoms with Gasteiger partial charge in [0.1, 0.15) is 0 Å². The summed E-state index contributed by atoms with van der Waals surface area (Å²) in [6.07, 6.45) is -3.82. The summed E-state index contributed by atoms with van der Waals surface area (Å²) in [6.45, 7) is 2.41. The molecule has 1 aromatic rings. The molecule has 0 aliphatic heterocycles. The van der Waals surface area contributed by atoms with Crippen molar-refractivity contribution in [2.45, 2.75) is 26.1 Å². The minimum absolute atomic E-state index is 0. The predicted octanol–water partition coefficient (Wildman–Crippen LogP) is 2.90. The first kappa shape index (κ1) is 15.9. The van der Waals surface area contributed by atoms with Gasteiger partial charge < -0.3 is 5.73 Å². The van der Waals surface area contributed by atoms with Gasteiger partial charge in [0.05, 0.1) is 10.2 Å². The molecule has 1 aromatic heterocycles. The lowest BCUT2D eigenvalue weighted by molar-refractivity contribution is -0.142. The van der Waals surface area contributed by atoms with Gasteiger partial charge in [0.15, 0.2) is 5.69 Å². The summed E-state index contributed by atoms with van der Waals surface area (Å²) in [5, 5.41) is 3.51. The minimum atomic E-state index is -4.42. The predicted molar refractivity (Wildman–Crippen MR) is 63.7 cm³/mol. The molecular formula is C8H12Br2F3N3. The molecule has 8 heteroatoms. The van der Waals surface area contributed by atoms with E-state index in [4.69, 9.17) is 5.73 Å². The van der Waals surface area contributed by atoms with Crippen molar-refractivity contribution in [2.75, 3.05) is 6.54 Å². The second-order valence-electron chi connectivity index (χ2n) is 3.11. The molecule has 0 saturated carbocycles. The first-order chi connectivity index (χ1) is 6.88. The molecule has 3 nitrogen and oxygen atoms in total. The second kappa shape index (κ2) is 6.02. The Bertz CT molecular complexity index is 349. The zero-order chi connectivity index (χ0) is 11.6. The fourth-order valence-electron chi connectivity index (χ4n) is 1.16. The van der Waals surface area contributed by atoms with Crippen molar-refractivity contribution in [1.29, 1.82) is 0 Å². The molecule has 1 heterocycles. The van der Waals surface area contributed by atoms with Crippen LogP contribution in [0.25, 0.3) is 0 Å². The van der Waals surface area contributed by atoms with Crippen molar-refractivity contribution in [1.82, 2.24) is 9.78 Å². The van der Waals surface area contributed by atoms with Crippen LogP contribution in [0.4, 0.5) is 13.2 Å². The zero-order valence-corrected chi connectivity index (χ0v) is 11.8. The molecule has 0 atom stereocenters. The quantitative estimate of drug-likeness (QED) is 0.893. The van der Waals surface area contributed by atoms with E-state index in [0.717, 1.165) is 0 Å². The van der Waals surface area contributed by atoms with E-state index >= 15 is 0 Å². The van der Waals surface area contributed by atoms with Crippen LogP contribution in [0.3, 0.4) is 0 Å². The molecule has 94 valence electrons. The number of hydrogen-bond acceptors (Lipinski definition) is 2. The highest BCUT2D eigenvalue weighted by molar-refractivity contribution is 9.10. The van der Waals surface area contributed by atoms with Crippen LogP contribution in [0.2, 0.25) is 0 Å². The Morgan fingerprint density at radius 1 is 1.44 bits per heavy atom. The fraction of sp³-hybridized carbons (Fsp3) is 0.625. The maximum absolute atomic E-state index is 12.4. The normalized spacial score (nSPS) is 11.4. The van der Waals surface area contributed by atoms with Gasteiger partial charge in [-0.3, -0.25) is 4.68 Å². The van der Waals surface area contributed by atoms with E-state index in [2.05, 4.69) is 21.0 Å². The smallest absolute Gasteiger partial charge is 0.330 e. The Balaban J connectivity index is 0.00000225. The zero-order valence-electron chi connectivity index (χ0n) is 8.51. The van der Waals surface area contributed by atoms with E-state index in [0.29, 0.717) is 25.2 Å². The van der Waals surface area contributed by atoms with Crippen molar-refractivity contribution < 1.29 is 13.2 Å². The third-order valence-electron chi connectivity index (χ3n) is 1.98. The summed E-state index contributed by atoms with van der Waals surface area (Å²) < 4.78 is 38.6. The highest BCUT2D eigenvalue weighted by atomic mass is 79.9. The van der Waals surface area contributed by atoms with E-state index in [1.165, 1.54) is 4.68 Å². The van der Waals surface area contributed by atoms with E-state index in [1.807, 2.05) is 0 Å². The van der Waals surface area contributed by atoms with Crippen molar-refractivity contribution in [3.05, 3.63) is 15.9 Å². The van der Waals surface area contributed by atoms with E-state index in [1.54, 1.807) is 6.92 Å². The summed E-state index contributed by atoms with van der Waals surface area (Å²) in [4.78, 5) is 0. The minimum Gasteiger partial charge on any atom is -0.330 e. The third kappa shape index (κ3) is 3.46. The Morgan fingerprint density at radius 2 is 2.00 bits per heavy atom. The molecule has 0 bridgehead atoms. The van der Waals surface area contributed by atoms with Crippen LogP contribution in [-0.4, -0.2) is 16.3 Å². The van der Waals surface area contributed by atoms with Crippen LogP contribution < -0.4 is 5.73 Å². The molecule has 0 amide bonds. The van der Waals surface area contributed by atoms with Crippen LogP contribution in [0.1, 0.15) is 17.8 Å². The standard InChI is InChI=1S/C8H11BrF3N3.BrH/c1-5-6(9)7(8(10,11)12)14-15(5)4-2-3-13;/h2-4,13H2,1H3;1H. The van der Waals surface area contributed by atoms with Gasteiger partial charge in [-0.05, 0) is 35.8 Å². The summed E-state index contributed by atoms with van der Waals surface area (Å²) >= 11 is 2.89. The molecule has 0 fully saturated rings. The Morgan fingerprint density at radius 3 is 2.38 bits per heavy atom. The van der Waals surface area contributed by atoms with Crippen molar-refractivity contribution in [3.63, 3.8) is 0 Å². The van der Waals surface area contributed by atoms with Crippen LogP contribution in [0.5, 0.6) is 0 Å². The van der Waals surface area contributed by atoms with Crippen molar-refractivity contribution in [2.24, 2.45) is 5.73 Å². The van der Waals surface area contributed by atoms with Crippen LogP contribution >= 0.6 is 32.9 Å². The van der Waals surface area contributed by atoms with E-state index in [-0.39, 0.29) is 21.5 Å². The highest BCUT2D eigenvalue weighted by Gasteiger charge is 2.37. The monoisotopic (exact) mass is 365 g/mol. The second-order valence-corrected chi connectivity index (χ2v) is 3.90. The van der Waals surface area contributed by atoms with Gasteiger partial charge in [-0.15, -0.1) is 17.0 Å². The first-order valence-electron chi connectivity index (χ1n) is 4.38. The molecule has 0 unspecified atom stereocenters. The number of nitrogens with two attached hydrogens (primary N) is 1. The molecule has 0 aliphatic carbocycles. The number of aryl methyl sites for hydroxylation is 1. The summed E-state index contributed by atoms with van der Waals surface area (Å²) in [5.41, 5.74) is 4.87. The van der Waals surface area contributed by atoms with Gasteiger partial charge in [-0.25, -0.2) is 0 Å². The SMILES string of the molecule is Br.Cc1c(Br)c(C(F)(F)F)nn1CCCN. The van der Waals surface area contributed by atoms with Gasteiger partial charge in [-0.2, -0.15) is 18.3 Å². The van der Waals surface area contributed by atoms with Crippen LogP contribution in [0.15, 0.2) is 4.47 Å². The number of hydrogen-bond donors (Lipinski definition) is 1. The molecule has 0 spiro atoms. The fourth-order valence-corrected chi connectivity index (χ4v) is 1.67. The molecule has 1 rings (SSSR count). The summed E-state index contributed by atoms with van der Waals surface area (Å²) in [7, 11) is 0. The number of rotatable bonds is 3. The van der Waals surface area contributed by atoms with E-state index in [9.17, 15) is 13.2 Å². The number of halogens is 5. The lowest BCUT2D eigenvalue weighted by Gasteiger charge is -2.02. The van der Waals surface area contributed by atoms with Crippen molar-refractivity contribution >= 4 is 32.9 Å². The molecular weight excluding hydrogens is 355 g/mol. The number of nitrogens with zero attached hydrogens (tertiary/aromatic N) is 2. The lowest BCUT2D eigenvalue weighted by atomic mass is 10.3. The van der Waals surface area contributed by atoms with Gasteiger partial charge in [-0.1, -0.05) is 0 Å². The highest BCUT2D eigenvalue weighted by Crippen LogP contribution is 2.35. The molecule has 0 radical (unpaired) electrons. The third-order valence-corrected chi connectivity index (χ3v) is 2.93. The van der Waals surface area contributed by atoms with Crippen LogP contribution in [-0.2, 0) is 12.7 Å². The van der Waals surface area contributed by atoms with Crippen LogP contribution in [0, 0.1) is 6.92 Å². The molecule has 0 saturated heterocycles. The molecule has 0 aromatic carbocycles. The first-order valence-corrected chi connectivity index (χ1v) is 5.17. The average molecular weight is 367 g/mol. The van der Waals surface area contributed by atoms with Gasteiger partial charge >= 0.3 is 6.18 Å². The maximum atomic E-state index is 12.4.